The molecule has 2 heterocycles. The van der Waals surface area contributed by atoms with Crippen molar-refractivity contribution in [1.29, 1.82) is 0 Å². The molecule has 0 aromatic heterocycles. The van der Waals surface area contributed by atoms with Gasteiger partial charge in [0.25, 0.3) is 0 Å². The van der Waals surface area contributed by atoms with Crippen molar-refractivity contribution in [2.45, 2.75) is 45.6 Å². The molecule has 0 spiro atoms. The van der Waals surface area contributed by atoms with Crippen molar-refractivity contribution < 1.29 is 4.74 Å². The third-order valence-electron chi connectivity index (χ3n) is 4.65. The van der Waals surface area contributed by atoms with Crippen LogP contribution in [0.3, 0.4) is 0 Å². The van der Waals surface area contributed by atoms with Gasteiger partial charge in [0.1, 0.15) is 0 Å². The number of likely N-dealkylation sites (tertiary alicyclic amines) is 1. The predicted octanol–water partition coefficient (Wildman–Crippen LogP) is 3.30. The molecule has 0 bridgehead atoms. The fourth-order valence-electron chi connectivity index (χ4n) is 3.26. The summed E-state index contributed by atoms with van der Waals surface area (Å²) in [6.07, 6.45) is 5.18. The van der Waals surface area contributed by atoms with Gasteiger partial charge in [0.05, 0.1) is 0 Å². The van der Waals surface area contributed by atoms with Crippen LogP contribution in [0.4, 0.5) is 0 Å². The average Bonchev–Trinajstić information content (AvgIpc) is 2.34. The lowest BCUT2D eigenvalue weighted by Gasteiger charge is -2.44. The van der Waals surface area contributed by atoms with Crippen LogP contribution in [0.25, 0.3) is 0 Å². The fraction of sp³-hybridized carbons (Fsp3) is 1.00. The third kappa shape index (κ3) is 3.45. The van der Waals surface area contributed by atoms with Gasteiger partial charge in [-0.15, -0.1) is 0 Å². The van der Waals surface area contributed by atoms with Crippen LogP contribution >= 0.6 is 15.9 Å². The van der Waals surface area contributed by atoms with Crippen LogP contribution in [-0.4, -0.2) is 42.6 Å². The predicted molar refractivity (Wildman–Crippen MR) is 75.7 cm³/mol. The Hall–Kier alpha value is 0.400. The molecular formula is C14H26BrNO. The fourth-order valence-corrected chi connectivity index (χ4v) is 4.00. The van der Waals surface area contributed by atoms with E-state index in [2.05, 4.69) is 34.7 Å². The topological polar surface area (TPSA) is 12.5 Å². The van der Waals surface area contributed by atoms with E-state index in [0.717, 1.165) is 30.5 Å². The third-order valence-corrected chi connectivity index (χ3v) is 5.84. The molecule has 2 rings (SSSR count). The number of hydrogen-bond acceptors (Lipinski definition) is 2. The highest BCUT2D eigenvalue weighted by atomic mass is 79.9. The zero-order chi connectivity index (χ0) is 12.3. The number of halogens is 1. The second-order valence-electron chi connectivity index (χ2n) is 6.20. The van der Waals surface area contributed by atoms with Crippen molar-refractivity contribution in [3.8, 4) is 0 Å². The van der Waals surface area contributed by atoms with Gasteiger partial charge in [-0.25, -0.2) is 0 Å². The number of rotatable bonds is 3. The maximum atomic E-state index is 5.52. The Morgan fingerprint density at radius 1 is 1.29 bits per heavy atom. The second-order valence-corrected chi connectivity index (χ2v) is 6.76. The van der Waals surface area contributed by atoms with Crippen molar-refractivity contribution in [2.24, 2.45) is 11.3 Å². The Balaban J connectivity index is 1.93. The summed E-state index contributed by atoms with van der Waals surface area (Å²) in [4.78, 5) is 2.71. The standard InChI is InChI=1S/C14H26BrNO/c1-12-3-6-16(13(2)9-12)11-14(10-15)4-7-17-8-5-14/h12-13H,3-11H2,1-2H3. The van der Waals surface area contributed by atoms with Crippen molar-refractivity contribution in [2.75, 3.05) is 31.6 Å². The molecule has 17 heavy (non-hydrogen) atoms. The molecule has 0 aliphatic carbocycles. The molecule has 2 atom stereocenters. The van der Waals surface area contributed by atoms with Gasteiger partial charge in [0.2, 0.25) is 0 Å². The zero-order valence-corrected chi connectivity index (χ0v) is 12.8. The summed E-state index contributed by atoms with van der Waals surface area (Å²) >= 11 is 3.74. The van der Waals surface area contributed by atoms with E-state index >= 15 is 0 Å². The first-order valence-corrected chi connectivity index (χ1v) is 8.15. The molecule has 0 radical (unpaired) electrons. The second kappa shape index (κ2) is 6.03. The molecular weight excluding hydrogens is 278 g/mol. The zero-order valence-electron chi connectivity index (χ0n) is 11.3. The summed E-state index contributed by atoms with van der Waals surface area (Å²) in [6.45, 7) is 9.24. The monoisotopic (exact) mass is 303 g/mol. The summed E-state index contributed by atoms with van der Waals surface area (Å²) in [6, 6.07) is 0.762. The van der Waals surface area contributed by atoms with E-state index in [4.69, 9.17) is 4.74 Å². The van der Waals surface area contributed by atoms with E-state index < -0.39 is 0 Å². The molecule has 2 aliphatic heterocycles. The van der Waals surface area contributed by atoms with Crippen molar-refractivity contribution in [1.82, 2.24) is 4.90 Å². The maximum Gasteiger partial charge on any atom is 0.0472 e. The minimum Gasteiger partial charge on any atom is -0.381 e. The Morgan fingerprint density at radius 2 is 2.00 bits per heavy atom. The first kappa shape index (κ1) is 13.8. The van der Waals surface area contributed by atoms with Gasteiger partial charge in [-0.3, -0.25) is 0 Å². The number of ether oxygens (including phenoxy) is 1. The van der Waals surface area contributed by atoms with E-state index in [1.807, 2.05) is 0 Å². The van der Waals surface area contributed by atoms with Crippen LogP contribution in [-0.2, 0) is 4.74 Å². The molecule has 2 aliphatic rings. The lowest BCUT2D eigenvalue weighted by molar-refractivity contribution is -0.00722. The molecule has 2 nitrogen and oxygen atoms in total. The summed E-state index contributed by atoms with van der Waals surface area (Å²) in [7, 11) is 0. The van der Waals surface area contributed by atoms with Crippen LogP contribution < -0.4 is 0 Å². The van der Waals surface area contributed by atoms with Gasteiger partial charge in [-0.05, 0) is 50.5 Å². The van der Waals surface area contributed by atoms with Crippen LogP contribution in [0, 0.1) is 11.3 Å². The average molecular weight is 304 g/mol. The number of nitrogens with zero attached hydrogens (tertiary/aromatic N) is 1. The first-order valence-electron chi connectivity index (χ1n) is 7.03. The normalized spacial score (nSPS) is 34.8. The van der Waals surface area contributed by atoms with E-state index in [9.17, 15) is 0 Å². The molecule has 2 fully saturated rings. The molecule has 0 aromatic carbocycles. The van der Waals surface area contributed by atoms with Crippen molar-refractivity contribution in [3.63, 3.8) is 0 Å². The Labute approximate surface area is 114 Å². The molecule has 0 amide bonds. The van der Waals surface area contributed by atoms with Crippen LogP contribution in [0.1, 0.15) is 39.5 Å². The minimum atomic E-state index is 0.465. The lowest BCUT2D eigenvalue weighted by atomic mass is 9.80. The Morgan fingerprint density at radius 3 is 2.59 bits per heavy atom. The highest BCUT2D eigenvalue weighted by Crippen LogP contribution is 2.35. The van der Waals surface area contributed by atoms with Crippen LogP contribution in [0.2, 0.25) is 0 Å². The highest BCUT2D eigenvalue weighted by molar-refractivity contribution is 9.09. The van der Waals surface area contributed by atoms with Gasteiger partial charge < -0.3 is 9.64 Å². The van der Waals surface area contributed by atoms with E-state index in [0.29, 0.717) is 5.41 Å². The van der Waals surface area contributed by atoms with E-state index in [1.165, 1.54) is 38.8 Å². The quantitative estimate of drug-likeness (QED) is 0.742. The smallest absolute Gasteiger partial charge is 0.0472 e. The van der Waals surface area contributed by atoms with Gasteiger partial charge in [-0.2, -0.15) is 0 Å². The van der Waals surface area contributed by atoms with E-state index in [-0.39, 0.29) is 0 Å². The SMILES string of the molecule is CC1CCN(CC2(CBr)CCOCC2)C(C)C1. The molecule has 2 unspecified atom stereocenters. The van der Waals surface area contributed by atoms with Gasteiger partial charge in [-0.1, -0.05) is 22.9 Å². The molecule has 0 aromatic rings. The molecule has 3 heteroatoms. The van der Waals surface area contributed by atoms with Crippen molar-refractivity contribution >= 4 is 15.9 Å². The molecule has 100 valence electrons. The summed E-state index contributed by atoms with van der Waals surface area (Å²) in [5, 5.41) is 1.13. The summed E-state index contributed by atoms with van der Waals surface area (Å²) < 4.78 is 5.52. The Bertz CT molecular complexity index is 240. The van der Waals surface area contributed by atoms with Crippen LogP contribution in [0.5, 0.6) is 0 Å². The number of piperidine rings is 1. The Kier molecular flexibility index (Phi) is 4.90. The van der Waals surface area contributed by atoms with Crippen LogP contribution in [0.15, 0.2) is 0 Å². The highest BCUT2D eigenvalue weighted by Gasteiger charge is 2.35. The largest absolute Gasteiger partial charge is 0.381 e. The van der Waals surface area contributed by atoms with Gasteiger partial charge in [0.15, 0.2) is 0 Å². The summed E-state index contributed by atoms with van der Waals surface area (Å²) in [5.74, 6) is 0.913. The molecule has 2 saturated heterocycles. The van der Waals surface area contributed by atoms with Crippen molar-refractivity contribution in [3.05, 3.63) is 0 Å². The van der Waals surface area contributed by atoms with E-state index in [1.54, 1.807) is 0 Å². The molecule has 0 N–H and O–H groups in total. The lowest BCUT2D eigenvalue weighted by Crippen LogP contribution is -2.48. The van der Waals surface area contributed by atoms with Gasteiger partial charge >= 0.3 is 0 Å². The number of hydrogen-bond donors (Lipinski definition) is 0. The minimum absolute atomic E-state index is 0.465. The number of alkyl halides is 1. The van der Waals surface area contributed by atoms with Gasteiger partial charge in [0, 0.05) is 31.1 Å². The maximum absolute atomic E-state index is 5.52. The molecule has 0 saturated carbocycles. The first-order chi connectivity index (χ1) is 8.15. The summed E-state index contributed by atoms with van der Waals surface area (Å²) in [5.41, 5.74) is 0.465.